The number of aliphatic hydroxyl groups excluding tert-OH is 1. The fourth-order valence-corrected chi connectivity index (χ4v) is 2.35. The van der Waals surface area contributed by atoms with Crippen molar-refractivity contribution in [3.05, 3.63) is 0 Å². The first-order chi connectivity index (χ1) is 7.19. The van der Waals surface area contributed by atoms with Gasteiger partial charge in [0.05, 0.1) is 11.9 Å². The predicted octanol–water partition coefficient (Wildman–Crippen LogP) is 2.39. The normalized spacial score (nSPS) is 15.1. The van der Waals surface area contributed by atoms with Crippen LogP contribution in [-0.2, 0) is 9.84 Å². The molecule has 0 bridgehead atoms. The van der Waals surface area contributed by atoms with Gasteiger partial charge >= 0.3 is 0 Å². The van der Waals surface area contributed by atoms with Crippen LogP contribution in [-0.4, -0.2) is 31.1 Å². The first kappa shape index (κ1) is 15.9. The highest BCUT2D eigenvalue weighted by Crippen LogP contribution is 2.23. The van der Waals surface area contributed by atoms with Crippen molar-refractivity contribution in [1.29, 1.82) is 0 Å². The lowest BCUT2D eigenvalue weighted by molar-refractivity contribution is 0.0535. The number of sulfone groups is 1. The second kappa shape index (κ2) is 6.60. The Kier molecular flexibility index (Phi) is 6.56. The summed E-state index contributed by atoms with van der Waals surface area (Å²) in [5.74, 6) is 0.521. The molecule has 0 heterocycles. The minimum absolute atomic E-state index is 0.0739. The molecule has 0 amide bonds. The van der Waals surface area contributed by atoms with Crippen LogP contribution < -0.4 is 0 Å². The molecule has 98 valence electrons. The van der Waals surface area contributed by atoms with Gasteiger partial charge in [-0.15, -0.1) is 0 Å². The summed E-state index contributed by atoms with van der Waals surface area (Å²) in [5, 5.41) is 9.77. The van der Waals surface area contributed by atoms with Crippen molar-refractivity contribution in [1.82, 2.24) is 0 Å². The lowest BCUT2D eigenvalue weighted by atomic mass is 9.86. The Morgan fingerprint density at radius 3 is 2.12 bits per heavy atom. The highest BCUT2D eigenvalue weighted by molar-refractivity contribution is 7.91. The minimum Gasteiger partial charge on any atom is -0.393 e. The Labute approximate surface area is 100 Å². The van der Waals surface area contributed by atoms with Crippen molar-refractivity contribution in [2.24, 2.45) is 5.41 Å². The van der Waals surface area contributed by atoms with E-state index in [9.17, 15) is 13.5 Å². The van der Waals surface area contributed by atoms with Crippen LogP contribution in [0.3, 0.4) is 0 Å². The van der Waals surface area contributed by atoms with E-state index in [-0.39, 0.29) is 23.0 Å². The third-order valence-corrected chi connectivity index (χ3v) is 4.66. The Bertz CT molecular complexity index is 275. The van der Waals surface area contributed by atoms with Gasteiger partial charge in [0.25, 0.3) is 0 Å². The molecule has 0 aliphatic heterocycles. The lowest BCUT2D eigenvalue weighted by Crippen LogP contribution is -2.25. The zero-order valence-corrected chi connectivity index (χ0v) is 11.8. The molecule has 0 fully saturated rings. The molecule has 4 heteroatoms. The summed E-state index contributed by atoms with van der Waals surface area (Å²) in [7, 11) is -2.81. The molecule has 1 N–H and O–H groups in total. The summed E-state index contributed by atoms with van der Waals surface area (Å²) in [6, 6.07) is 0. The van der Waals surface area contributed by atoms with Crippen molar-refractivity contribution in [3.63, 3.8) is 0 Å². The van der Waals surface area contributed by atoms with E-state index in [0.29, 0.717) is 6.42 Å². The maximum absolute atomic E-state index is 11.2. The van der Waals surface area contributed by atoms with Gasteiger partial charge < -0.3 is 5.11 Å². The molecular formula is C12H26O3S. The van der Waals surface area contributed by atoms with Gasteiger partial charge in [-0.2, -0.15) is 0 Å². The summed E-state index contributed by atoms with van der Waals surface area (Å²) in [5.41, 5.74) is -0.0739. The zero-order valence-electron chi connectivity index (χ0n) is 11.0. The molecule has 0 spiro atoms. The molecule has 0 rings (SSSR count). The van der Waals surface area contributed by atoms with Crippen LogP contribution in [0.2, 0.25) is 0 Å². The molecule has 0 aliphatic rings. The number of hydrogen-bond donors (Lipinski definition) is 1. The van der Waals surface area contributed by atoms with Crippen molar-refractivity contribution in [2.75, 3.05) is 11.5 Å². The molecule has 0 aromatic carbocycles. The first-order valence-electron chi connectivity index (χ1n) is 6.07. The molecule has 16 heavy (non-hydrogen) atoms. The molecule has 0 aliphatic carbocycles. The number of unbranched alkanes of at least 4 members (excludes halogenated alkanes) is 2. The summed E-state index contributed by atoms with van der Waals surface area (Å²) < 4.78 is 22.4. The standard InChI is InChI=1S/C12H26O3S/c1-5-16(14,15)10-8-6-7-9-11(13)12(2,3)4/h11,13H,5-10H2,1-4H3. The van der Waals surface area contributed by atoms with E-state index < -0.39 is 9.84 Å². The van der Waals surface area contributed by atoms with E-state index in [1.165, 1.54) is 0 Å². The van der Waals surface area contributed by atoms with Crippen LogP contribution in [0.4, 0.5) is 0 Å². The quantitative estimate of drug-likeness (QED) is 0.706. The fraction of sp³-hybridized carbons (Fsp3) is 1.00. The van der Waals surface area contributed by atoms with Gasteiger partial charge in [0, 0.05) is 5.75 Å². The Morgan fingerprint density at radius 1 is 1.12 bits per heavy atom. The maximum atomic E-state index is 11.2. The zero-order chi connectivity index (χ0) is 12.8. The summed E-state index contributed by atoms with van der Waals surface area (Å²) >= 11 is 0. The van der Waals surface area contributed by atoms with Gasteiger partial charge in [-0.05, 0) is 18.3 Å². The maximum Gasteiger partial charge on any atom is 0.150 e. The third-order valence-electron chi connectivity index (χ3n) is 2.87. The molecule has 0 aromatic heterocycles. The molecule has 3 nitrogen and oxygen atoms in total. The van der Waals surface area contributed by atoms with Crippen LogP contribution in [0.5, 0.6) is 0 Å². The highest BCUT2D eigenvalue weighted by Gasteiger charge is 2.21. The second-order valence-electron chi connectivity index (χ2n) is 5.47. The van der Waals surface area contributed by atoms with E-state index in [0.717, 1.165) is 19.3 Å². The Balaban J connectivity index is 3.63. The topological polar surface area (TPSA) is 54.4 Å². The van der Waals surface area contributed by atoms with E-state index >= 15 is 0 Å². The van der Waals surface area contributed by atoms with Crippen LogP contribution in [0, 0.1) is 5.41 Å². The minimum atomic E-state index is -2.81. The SMILES string of the molecule is CCS(=O)(=O)CCCCCC(O)C(C)(C)C. The number of hydrogen-bond acceptors (Lipinski definition) is 3. The molecular weight excluding hydrogens is 224 g/mol. The number of aliphatic hydroxyl groups is 1. The molecule has 0 radical (unpaired) electrons. The second-order valence-corrected chi connectivity index (χ2v) is 7.94. The molecule has 0 saturated heterocycles. The van der Waals surface area contributed by atoms with E-state index in [4.69, 9.17) is 0 Å². The van der Waals surface area contributed by atoms with Gasteiger partial charge in [-0.25, -0.2) is 8.42 Å². The van der Waals surface area contributed by atoms with Crippen molar-refractivity contribution in [2.45, 2.75) is 59.5 Å². The lowest BCUT2D eigenvalue weighted by Gasteiger charge is -2.25. The first-order valence-corrected chi connectivity index (χ1v) is 7.89. The van der Waals surface area contributed by atoms with Crippen LogP contribution in [0.1, 0.15) is 53.4 Å². The molecule has 0 aromatic rings. The van der Waals surface area contributed by atoms with Crippen molar-refractivity contribution < 1.29 is 13.5 Å². The van der Waals surface area contributed by atoms with Gasteiger partial charge in [0.15, 0.2) is 0 Å². The predicted molar refractivity (Wildman–Crippen MR) is 68.3 cm³/mol. The largest absolute Gasteiger partial charge is 0.393 e. The smallest absolute Gasteiger partial charge is 0.150 e. The van der Waals surface area contributed by atoms with Gasteiger partial charge in [0.2, 0.25) is 0 Å². The van der Waals surface area contributed by atoms with Gasteiger partial charge in [0.1, 0.15) is 9.84 Å². The van der Waals surface area contributed by atoms with Gasteiger partial charge in [-0.3, -0.25) is 0 Å². The molecule has 1 atom stereocenters. The average molecular weight is 250 g/mol. The van der Waals surface area contributed by atoms with Gasteiger partial charge in [-0.1, -0.05) is 40.5 Å². The summed E-state index contributed by atoms with van der Waals surface area (Å²) in [4.78, 5) is 0. The Hall–Kier alpha value is -0.0900. The molecule has 1 unspecified atom stereocenters. The average Bonchev–Trinajstić information content (AvgIpc) is 2.15. The van der Waals surface area contributed by atoms with E-state index in [1.807, 2.05) is 20.8 Å². The highest BCUT2D eigenvalue weighted by atomic mass is 32.2. The van der Waals surface area contributed by atoms with E-state index in [2.05, 4.69) is 0 Å². The van der Waals surface area contributed by atoms with E-state index in [1.54, 1.807) is 6.92 Å². The van der Waals surface area contributed by atoms with Crippen LogP contribution in [0.15, 0.2) is 0 Å². The van der Waals surface area contributed by atoms with Crippen molar-refractivity contribution >= 4 is 9.84 Å². The van der Waals surface area contributed by atoms with Crippen molar-refractivity contribution in [3.8, 4) is 0 Å². The molecule has 0 saturated carbocycles. The fourth-order valence-electron chi connectivity index (χ4n) is 1.41. The third kappa shape index (κ3) is 7.23. The van der Waals surface area contributed by atoms with Crippen LogP contribution >= 0.6 is 0 Å². The summed E-state index contributed by atoms with van der Waals surface area (Å²) in [6.07, 6.45) is 2.96. The van der Waals surface area contributed by atoms with Crippen LogP contribution in [0.25, 0.3) is 0 Å². The number of rotatable bonds is 7. The Morgan fingerprint density at radius 2 is 1.69 bits per heavy atom. The summed E-state index contributed by atoms with van der Waals surface area (Å²) in [6.45, 7) is 7.72. The monoisotopic (exact) mass is 250 g/mol.